The van der Waals surface area contributed by atoms with Gasteiger partial charge in [-0.3, -0.25) is 9.59 Å². The molecule has 2 aromatic rings. The molecule has 1 aliphatic heterocycles. The molecule has 3 rings (SSSR count). The summed E-state index contributed by atoms with van der Waals surface area (Å²) in [6, 6.07) is 4.96. The van der Waals surface area contributed by atoms with Crippen molar-refractivity contribution in [3.8, 4) is 0 Å². The summed E-state index contributed by atoms with van der Waals surface area (Å²) in [5, 5.41) is 0. The van der Waals surface area contributed by atoms with E-state index in [1.54, 1.807) is 22.7 Å². The molecule has 1 atom stereocenters. The van der Waals surface area contributed by atoms with Gasteiger partial charge in [0.15, 0.2) is 0 Å². The van der Waals surface area contributed by atoms with Gasteiger partial charge in [0, 0.05) is 19.8 Å². The molecule has 122 valence electrons. The third-order valence-corrected chi connectivity index (χ3v) is 3.99. The van der Waals surface area contributed by atoms with Crippen LogP contribution in [-0.2, 0) is 11.8 Å². The highest BCUT2D eigenvalue weighted by molar-refractivity contribution is 5.98. The van der Waals surface area contributed by atoms with E-state index in [0.29, 0.717) is 36.8 Å². The average Bonchev–Trinajstić information content (AvgIpc) is 3.13. The molecule has 0 saturated carbocycles. The van der Waals surface area contributed by atoms with Crippen molar-refractivity contribution in [2.45, 2.75) is 13.0 Å². The molecule has 0 radical (unpaired) electrons. The largest absolute Gasteiger partial charge is 0.464 e. The molecule has 0 spiro atoms. The number of morpholine rings is 1. The summed E-state index contributed by atoms with van der Waals surface area (Å²) >= 11 is 0. The minimum Gasteiger partial charge on any atom is -0.464 e. The van der Waals surface area contributed by atoms with Crippen LogP contribution < -0.4 is 5.73 Å². The Hall–Kier alpha value is -2.54. The second kappa shape index (κ2) is 5.92. The maximum absolute atomic E-state index is 12.9. The van der Waals surface area contributed by atoms with Gasteiger partial charge < -0.3 is 24.4 Å². The van der Waals surface area contributed by atoms with Gasteiger partial charge in [-0.25, -0.2) is 0 Å². The van der Waals surface area contributed by atoms with E-state index in [0.717, 1.165) is 5.76 Å². The highest BCUT2D eigenvalue weighted by Crippen LogP contribution is 2.27. The van der Waals surface area contributed by atoms with Crippen LogP contribution >= 0.6 is 0 Å². The summed E-state index contributed by atoms with van der Waals surface area (Å²) in [5.74, 6) is 0.745. The van der Waals surface area contributed by atoms with Crippen LogP contribution in [0.3, 0.4) is 0 Å². The zero-order valence-electron chi connectivity index (χ0n) is 13.1. The average molecular weight is 317 g/mol. The Morgan fingerprint density at radius 2 is 2.13 bits per heavy atom. The smallest absolute Gasteiger partial charge is 0.271 e. The van der Waals surface area contributed by atoms with E-state index in [1.807, 2.05) is 19.1 Å². The molecule has 7 nitrogen and oxygen atoms in total. The van der Waals surface area contributed by atoms with E-state index < -0.39 is 5.91 Å². The van der Waals surface area contributed by atoms with E-state index in [2.05, 4.69) is 0 Å². The van der Waals surface area contributed by atoms with Crippen molar-refractivity contribution in [1.29, 1.82) is 0 Å². The molecule has 2 amide bonds. The minimum absolute atomic E-state index is 0.178. The molecule has 1 fully saturated rings. The number of aryl methyl sites for hydroxylation is 2. The predicted molar refractivity (Wildman–Crippen MR) is 82.0 cm³/mol. The highest BCUT2D eigenvalue weighted by atomic mass is 16.5. The highest BCUT2D eigenvalue weighted by Gasteiger charge is 2.32. The van der Waals surface area contributed by atoms with Gasteiger partial charge in [-0.2, -0.15) is 0 Å². The molecule has 7 heteroatoms. The number of carbonyl (C=O) groups is 2. The van der Waals surface area contributed by atoms with Gasteiger partial charge in [-0.1, -0.05) is 0 Å². The van der Waals surface area contributed by atoms with Gasteiger partial charge in [-0.15, -0.1) is 0 Å². The number of nitrogens with two attached hydrogens (primary N) is 1. The Morgan fingerprint density at radius 1 is 1.35 bits per heavy atom. The quantitative estimate of drug-likeness (QED) is 0.922. The van der Waals surface area contributed by atoms with Gasteiger partial charge in [0.2, 0.25) is 5.91 Å². The van der Waals surface area contributed by atoms with Gasteiger partial charge in [0.1, 0.15) is 23.3 Å². The first-order valence-electron chi connectivity index (χ1n) is 7.38. The zero-order chi connectivity index (χ0) is 16.6. The molecule has 2 N–H and O–H groups in total. The number of amides is 2. The maximum Gasteiger partial charge on any atom is 0.271 e. The third kappa shape index (κ3) is 2.87. The van der Waals surface area contributed by atoms with Crippen molar-refractivity contribution in [2.24, 2.45) is 12.8 Å². The van der Waals surface area contributed by atoms with Crippen LogP contribution in [0, 0.1) is 6.92 Å². The molecule has 1 saturated heterocycles. The molecule has 23 heavy (non-hydrogen) atoms. The second-order valence-electron chi connectivity index (χ2n) is 5.63. The topological polar surface area (TPSA) is 90.7 Å². The fourth-order valence-corrected chi connectivity index (χ4v) is 2.77. The van der Waals surface area contributed by atoms with Crippen LogP contribution in [0.1, 0.15) is 38.4 Å². The number of rotatable bonds is 3. The molecule has 0 aliphatic carbocycles. The van der Waals surface area contributed by atoms with E-state index >= 15 is 0 Å². The van der Waals surface area contributed by atoms with Crippen molar-refractivity contribution in [3.05, 3.63) is 47.2 Å². The van der Waals surface area contributed by atoms with Crippen molar-refractivity contribution >= 4 is 11.8 Å². The second-order valence-corrected chi connectivity index (χ2v) is 5.63. The summed E-state index contributed by atoms with van der Waals surface area (Å²) in [7, 11) is 1.71. The molecular formula is C16H19N3O4. The fraction of sp³-hybridized carbons (Fsp3) is 0.375. The van der Waals surface area contributed by atoms with Crippen LogP contribution in [-0.4, -0.2) is 41.0 Å². The van der Waals surface area contributed by atoms with Crippen LogP contribution in [0.5, 0.6) is 0 Å². The van der Waals surface area contributed by atoms with Gasteiger partial charge in [0.05, 0.1) is 18.8 Å². The molecule has 0 aromatic carbocycles. The number of primary amides is 1. The lowest BCUT2D eigenvalue weighted by Crippen LogP contribution is -2.43. The minimum atomic E-state index is -0.556. The lowest BCUT2D eigenvalue weighted by Gasteiger charge is -2.34. The first kappa shape index (κ1) is 15.4. The monoisotopic (exact) mass is 317 g/mol. The molecule has 1 unspecified atom stereocenters. The van der Waals surface area contributed by atoms with Gasteiger partial charge >= 0.3 is 0 Å². The lowest BCUT2D eigenvalue weighted by molar-refractivity contribution is -0.00942. The third-order valence-electron chi connectivity index (χ3n) is 3.99. The number of nitrogens with zero attached hydrogens (tertiary/aromatic N) is 2. The first-order chi connectivity index (χ1) is 11.0. The summed E-state index contributed by atoms with van der Waals surface area (Å²) in [6.07, 6.45) is 1.56. The van der Waals surface area contributed by atoms with Crippen LogP contribution in [0.25, 0.3) is 0 Å². The van der Waals surface area contributed by atoms with Crippen molar-refractivity contribution in [2.75, 3.05) is 19.8 Å². The number of hydrogen-bond donors (Lipinski definition) is 1. The van der Waals surface area contributed by atoms with E-state index in [9.17, 15) is 9.59 Å². The number of carbonyl (C=O) groups excluding carboxylic acids is 2. The molecule has 1 aliphatic rings. The van der Waals surface area contributed by atoms with Gasteiger partial charge in [-0.05, 0) is 25.1 Å². The summed E-state index contributed by atoms with van der Waals surface area (Å²) in [4.78, 5) is 25.9. The van der Waals surface area contributed by atoms with Crippen molar-refractivity contribution in [3.63, 3.8) is 0 Å². The fourth-order valence-electron chi connectivity index (χ4n) is 2.77. The number of hydrogen-bond acceptors (Lipinski definition) is 4. The van der Waals surface area contributed by atoms with Crippen molar-refractivity contribution < 1.29 is 18.7 Å². The molecular weight excluding hydrogens is 298 g/mol. The summed E-state index contributed by atoms with van der Waals surface area (Å²) in [6.45, 7) is 3.16. The molecule has 3 heterocycles. The summed E-state index contributed by atoms with van der Waals surface area (Å²) in [5.41, 5.74) is 6.01. The standard InChI is InChI=1S/C16H19N3O4/c1-10-3-4-14(23-10)13-9-22-6-5-19(13)16(21)12-7-11(15(17)20)8-18(12)2/h3-4,7-8,13H,5-6,9H2,1-2H3,(H2,17,20). The number of ether oxygens (including phenoxy) is 1. The Bertz CT molecular complexity index is 746. The van der Waals surface area contributed by atoms with Crippen LogP contribution in [0.15, 0.2) is 28.8 Å². The summed E-state index contributed by atoms with van der Waals surface area (Å²) < 4.78 is 12.8. The predicted octanol–water partition coefficient (Wildman–Crippen LogP) is 1.24. The van der Waals surface area contributed by atoms with E-state index in [1.165, 1.54) is 6.07 Å². The Kier molecular flexibility index (Phi) is 3.96. The Labute approximate surface area is 133 Å². The van der Waals surface area contributed by atoms with Crippen LogP contribution in [0.4, 0.5) is 0 Å². The molecule has 2 aromatic heterocycles. The van der Waals surface area contributed by atoms with Gasteiger partial charge in [0.25, 0.3) is 5.91 Å². The first-order valence-corrected chi connectivity index (χ1v) is 7.38. The normalized spacial score (nSPS) is 18.2. The number of aromatic nitrogens is 1. The Balaban J connectivity index is 1.91. The molecule has 0 bridgehead atoms. The maximum atomic E-state index is 12.9. The Morgan fingerprint density at radius 3 is 2.74 bits per heavy atom. The SMILES string of the molecule is Cc1ccc(C2COCCN2C(=O)c2cc(C(N)=O)cn2C)o1. The van der Waals surface area contributed by atoms with E-state index in [4.69, 9.17) is 14.9 Å². The number of furan rings is 1. The lowest BCUT2D eigenvalue weighted by atomic mass is 10.1. The van der Waals surface area contributed by atoms with E-state index in [-0.39, 0.29) is 11.9 Å². The zero-order valence-corrected chi connectivity index (χ0v) is 13.1. The van der Waals surface area contributed by atoms with Crippen LogP contribution in [0.2, 0.25) is 0 Å². The van der Waals surface area contributed by atoms with Crippen molar-refractivity contribution in [1.82, 2.24) is 9.47 Å².